The molecule has 130 valence electrons. The van der Waals surface area contributed by atoms with Gasteiger partial charge in [0.25, 0.3) is 5.91 Å². The monoisotopic (exact) mass is 349 g/mol. The Morgan fingerprint density at radius 3 is 2.38 bits per heavy atom. The van der Waals surface area contributed by atoms with Crippen LogP contribution in [-0.2, 0) is 0 Å². The lowest BCUT2D eigenvalue weighted by atomic mass is 10.1. The molecule has 0 aliphatic heterocycles. The second-order valence-corrected chi connectivity index (χ2v) is 5.62. The first-order valence-corrected chi connectivity index (χ1v) is 7.93. The first-order chi connectivity index (χ1) is 12.5. The van der Waals surface area contributed by atoms with Crippen molar-refractivity contribution in [2.24, 2.45) is 0 Å². The molecule has 0 radical (unpaired) electrons. The van der Waals surface area contributed by atoms with Gasteiger partial charge >= 0.3 is 0 Å². The zero-order valence-electron chi connectivity index (χ0n) is 14.0. The van der Waals surface area contributed by atoms with Crippen LogP contribution in [0.15, 0.2) is 66.9 Å². The molecule has 0 aliphatic carbocycles. The quantitative estimate of drug-likeness (QED) is 0.669. The van der Waals surface area contributed by atoms with Gasteiger partial charge in [-0.1, -0.05) is 12.1 Å². The topological polar surface area (TPSA) is 71.1 Å². The number of amides is 1. The number of pyridine rings is 1. The van der Waals surface area contributed by atoms with Gasteiger partial charge in [-0.3, -0.25) is 14.6 Å². The molecule has 2 N–H and O–H groups in total. The van der Waals surface area contributed by atoms with Crippen molar-refractivity contribution in [3.8, 4) is 0 Å². The molecule has 0 spiro atoms. The van der Waals surface area contributed by atoms with Gasteiger partial charge in [-0.25, -0.2) is 4.39 Å². The number of para-hydroxylation sites is 1. The Morgan fingerprint density at radius 2 is 1.69 bits per heavy atom. The van der Waals surface area contributed by atoms with Gasteiger partial charge in [-0.15, -0.1) is 0 Å². The number of nitrogens with one attached hydrogen (secondary N) is 2. The number of benzene rings is 2. The Balaban J connectivity index is 1.74. The summed E-state index contributed by atoms with van der Waals surface area (Å²) in [5.41, 5.74) is 2.28. The lowest BCUT2D eigenvalue weighted by molar-refractivity contribution is 0.101. The van der Waals surface area contributed by atoms with Crippen LogP contribution in [0, 0.1) is 5.82 Å². The summed E-state index contributed by atoms with van der Waals surface area (Å²) in [6, 6.07) is 16.2. The largest absolute Gasteiger partial charge is 0.355 e. The van der Waals surface area contributed by atoms with Gasteiger partial charge in [0.05, 0.1) is 5.69 Å². The van der Waals surface area contributed by atoms with E-state index in [9.17, 15) is 14.0 Å². The number of rotatable bonds is 5. The predicted octanol–water partition coefficient (Wildman–Crippen LogP) is 4.42. The van der Waals surface area contributed by atoms with Crippen molar-refractivity contribution >= 4 is 28.8 Å². The third-order valence-electron chi connectivity index (χ3n) is 3.69. The van der Waals surface area contributed by atoms with Crippen molar-refractivity contribution in [1.82, 2.24) is 4.98 Å². The van der Waals surface area contributed by atoms with Crippen molar-refractivity contribution in [2.75, 3.05) is 10.6 Å². The number of hydrogen-bond acceptors (Lipinski definition) is 4. The Morgan fingerprint density at radius 1 is 0.962 bits per heavy atom. The SMILES string of the molecule is CC(=O)c1ccc(Nc2ccnc(C(=O)Nc3ccccc3F)c2)cc1. The highest BCUT2D eigenvalue weighted by Crippen LogP contribution is 2.19. The molecule has 0 unspecified atom stereocenters. The molecule has 26 heavy (non-hydrogen) atoms. The number of Topliss-reactive ketones (excluding diaryl/α,β-unsaturated/α-hetero) is 1. The van der Waals surface area contributed by atoms with E-state index >= 15 is 0 Å². The molecule has 1 heterocycles. The molecule has 0 bridgehead atoms. The van der Waals surface area contributed by atoms with E-state index in [4.69, 9.17) is 0 Å². The molecule has 0 aliphatic rings. The third kappa shape index (κ3) is 4.10. The summed E-state index contributed by atoms with van der Waals surface area (Å²) in [5.74, 6) is -1.03. The van der Waals surface area contributed by atoms with Crippen LogP contribution in [0.4, 0.5) is 21.5 Å². The van der Waals surface area contributed by atoms with Crippen LogP contribution in [0.25, 0.3) is 0 Å². The molecule has 0 saturated carbocycles. The molecule has 0 saturated heterocycles. The predicted molar refractivity (Wildman–Crippen MR) is 98.3 cm³/mol. The van der Waals surface area contributed by atoms with Crippen molar-refractivity contribution < 1.29 is 14.0 Å². The maximum absolute atomic E-state index is 13.7. The molecule has 5 nitrogen and oxygen atoms in total. The number of anilines is 3. The Bertz CT molecular complexity index is 955. The summed E-state index contributed by atoms with van der Waals surface area (Å²) in [4.78, 5) is 27.6. The number of hydrogen-bond donors (Lipinski definition) is 2. The highest BCUT2D eigenvalue weighted by Gasteiger charge is 2.11. The summed E-state index contributed by atoms with van der Waals surface area (Å²) in [7, 11) is 0. The van der Waals surface area contributed by atoms with Gasteiger partial charge in [0.1, 0.15) is 11.5 Å². The smallest absolute Gasteiger partial charge is 0.274 e. The second kappa shape index (κ2) is 7.57. The van der Waals surface area contributed by atoms with Gasteiger partial charge in [0, 0.05) is 23.1 Å². The highest BCUT2D eigenvalue weighted by molar-refractivity contribution is 6.03. The van der Waals surface area contributed by atoms with Crippen LogP contribution in [0.2, 0.25) is 0 Å². The summed E-state index contributed by atoms with van der Waals surface area (Å²) >= 11 is 0. The van der Waals surface area contributed by atoms with Crippen molar-refractivity contribution in [3.63, 3.8) is 0 Å². The van der Waals surface area contributed by atoms with Gasteiger partial charge < -0.3 is 10.6 Å². The number of ketones is 1. The van der Waals surface area contributed by atoms with E-state index in [-0.39, 0.29) is 17.2 Å². The van der Waals surface area contributed by atoms with Crippen LogP contribution < -0.4 is 10.6 Å². The Labute approximate surface area is 149 Å². The van der Waals surface area contributed by atoms with Crippen LogP contribution >= 0.6 is 0 Å². The zero-order valence-corrected chi connectivity index (χ0v) is 14.0. The summed E-state index contributed by atoms with van der Waals surface area (Å²) in [5, 5.41) is 5.63. The normalized spacial score (nSPS) is 10.2. The number of halogens is 1. The number of carbonyl (C=O) groups excluding carboxylic acids is 2. The lowest BCUT2D eigenvalue weighted by Gasteiger charge is -2.09. The first kappa shape index (κ1) is 17.3. The molecule has 3 aromatic rings. The fourth-order valence-corrected chi connectivity index (χ4v) is 2.34. The molecular formula is C20H16FN3O2. The van der Waals surface area contributed by atoms with E-state index in [0.717, 1.165) is 5.69 Å². The minimum Gasteiger partial charge on any atom is -0.355 e. The molecule has 1 amide bonds. The van der Waals surface area contributed by atoms with E-state index in [1.54, 1.807) is 48.5 Å². The number of carbonyl (C=O) groups is 2. The average molecular weight is 349 g/mol. The Hall–Kier alpha value is -3.54. The van der Waals surface area contributed by atoms with Crippen LogP contribution in [0.5, 0.6) is 0 Å². The molecule has 3 rings (SSSR count). The maximum atomic E-state index is 13.7. The van der Waals surface area contributed by atoms with E-state index < -0.39 is 11.7 Å². The molecule has 0 fully saturated rings. The summed E-state index contributed by atoms with van der Waals surface area (Å²) < 4.78 is 13.7. The van der Waals surface area contributed by atoms with Crippen LogP contribution in [-0.4, -0.2) is 16.7 Å². The Kier molecular flexibility index (Phi) is 5.03. The van der Waals surface area contributed by atoms with Gasteiger partial charge in [-0.05, 0) is 55.5 Å². The van der Waals surface area contributed by atoms with Crippen molar-refractivity contribution in [1.29, 1.82) is 0 Å². The fraction of sp³-hybridized carbons (Fsp3) is 0.0500. The van der Waals surface area contributed by atoms with Gasteiger partial charge in [-0.2, -0.15) is 0 Å². The minimum atomic E-state index is -0.513. The first-order valence-electron chi connectivity index (χ1n) is 7.93. The number of nitrogens with zero attached hydrogens (tertiary/aromatic N) is 1. The van der Waals surface area contributed by atoms with Gasteiger partial charge in [0.2, 0.25) is 0 Å². The number of aromatic nitrogens is 1. The van der Waals surface area contributed by atoms with E-state index in [1.165, 1.54) is 25.3 Å². The lowest BCUT2D eigenvalue weighted by Crippen LogP contribution is -2.14. The molecular weight excluding hydrogens is 333 g/mol. The van der Waals surface area contributed by atoms with Crippen molar-refractivity contribution in [3.05, 3.63) is 83.9 Å². The zero-order chi connectivity index (χ0) is 18.5. The third-order valence-corrected chi connectivity index (χ3v) is 3.69. The van der Waals surface area contributed by atoms with Crippen molar-refractivity contribution in [2.45, 2.75) is 6.92 Å². The van der Waals surface area contributed by atoms with E-state index in [1.807, 2.05) is 0 Å². The average Bonchev–Trinajstić information content (AvgIpc) is 2.64. The summed E-state index contributed by atoms with van der Waals surface area (Å²) in [6.45, 7) is 1.51. The minimum absolute atomic E-state index is 0.00689. The summed E-state index contributed by atoms with van der Waals surface area (Å²) in [6.07, 6.45) is 1.49. The second-order valence-electron chi connectivity index (χ2n) is 5.62. The molecule has 6 heteroatoms. The molecule has 1 aromatic heterocycles. The maximum Gasteiger partial charge on any atom is 0.274 e. The van der Waals surface area contributed by atoms with E-state index in [2.05, 4.69) is 15.6 Å². The van der Waals surface area contributed by atoms with E-state index in [0.29, 0.717) is 11.3 Å². The fourth-order valence-electron chi connectivity index (χ4n) is 2.34. The standard InChI is InChI=1S/C20H16FN3O2/c1-13(25)14-6-8-15(9-7-14)23-16-10-11-22-19(12-16)20(26)24-18-5-3-2-4-17(18)21/h2-12H,1H3,(H,22,23)(H,24,26). The molecule has 0 atom stereocenters. The van der Waals surface area contributed by atoms with Crippen LogP contribution in [0.3, 0.4) is 0 Å². The highest BCUT2D eigenvalue weighted by atomic mass is 19.1. The van der Waals surface area contributed by atoms with Gasteiger partial charge in [0.15, 0.2) is 5.78 Å². The molecule has 2 aromatic carbocycles. The van der Waals surface area contributed by atoms with Crippen LogP contribution in [0.1, 0.15) is 27.8 Å².